The van der Waals surface area contributed by atoms with Crippen molar-refractivity contribution in [2.45, 2.75) is 37.5 Å². The lowest BCUT2D eigenvalue weighted by molar-refractivity contribution is 0.181. The highest BCUT2D eigenvalue weighted by Crippen LogP contribution is 2.67. The Kier molecular flexibility index (Phi) is 2.77. The van der Waals surface area contributed by atoms with Crippen molar-refractivity contribution in [3.8, 4) is 0 Å². The molecule has 5 rings (SSSR count). The Hall–Kier alpha value is -1.56. The van der Waals surface area contributed by atoms with Gasteiger partial charge in [0.05, 0.1) is 0 Å². The van der Waals surface area contributed by atoms with Crippen LogP contribution in [-0.4, -0.2) is 0 Å². The van der Waals surface area contributed by atoms with Crippen LogP contribution >= 0.6 is 0 Å². The molecule has 2 aromatic rings. The molecule has 0 amide bonds. The van der Waals surface area contributed by atoms with Crippen molar-refractivity contribution in [1.82, 2.24) is 0 Å². The Labute approximate surface area is 133 Å². The third kappa shape index (κ3) is 1.59. The van der Waals surface area contributed by atoms with Crippen molar-refractivity contribution >= 4 is 0 Å². The molecule has 112 valence electrons. The summed E-state index contributed by atoms with van der Waals surface area (Å²) < 4.78 is 0. The highest BCUT2D eigenvalue weighted by atomic mass is 14.6. The molecular formula is C22H24. The highest BCUT2D eigenvalue weighted by molar-refractivity contribution is 5.43. The molecule has 0 nitrogen and oxygen atoms in total. The van der Waals surface area contributed by atoms with Gasteiger partial charge in [-0.15, -0.1) is 0 Å². The summed E-state index contributed by atoms with van der Waals surface area (Å²) in [6, 6.07) is 22.8. The van der Waals surface area contributed by atoms with Crippen LogP contribution < -0.4 is 0 Å². The Bertz CT molecular complexity index is 617. The Morgan fingerprint density at radius 3 is 1.95 bits per heavy atom. The van der Waals surface area contributed by atoms with E-state index in [0.29, 0.717) is 5.41 Å². The topological polar surface area (TPSA) is 0 Å². The number of hydrogen-bond acceptors (Lipinski definition) is 0. The first-order chi connectivity index (χ1) is 10.9. The minimum absolute atomic E-state index is 0.290. The predicted octanol–water partition coefficient (Wildman–Crippen LogP) is 5.43. The van der Waals surface area contributed by atoms with E-state index < -0.39 is 0 Å². The van der Waals surface area contributed by atoms with Gasteiger partial charge in [0.25, 0.3) is 0 Å². The van der Waals surface area contributed by atoms with Gasteiger partial charge in [0.2, 0.25) is 0 Å². The first-order valence-electron chi connectivity index (χ1n) is 9.00. The van der Waals surface area contributed by atoms with Crippen molar-refractivity contribution in [3.05, 3.63) is 71.8 Å². The van der Waals surface area contributed by atoms with E-state index in [-0.39, 0.29) is 0 Å². The van der Waals surface area contributed by atoms with Gasteiger partial charge in [0.15, 0.2) is 0 Å². The molecule has 0 heterocycles. The monoisotopic (exact) mass is 288 g/mol. The van der Waals surface area contributed by atoms with E-state index >= 15 is 0 Å². The summed E-state index contributed by atoms with van der Waals surface area (Å²) in [6.07, 6.45) is 7.31. The molecule has 3 aliphatic carbocycles. The fourth-order valence-corrected chi connectivity index (χ4v) is 6.45. The van der Waals surface area contributed by atoms with Crippen LogP contribution in [0, 0.1) is 23.7 Å². The van der Waals surface area contributed by atoms with E-state index in [1.807, 2.05) is 0 Å². The van der Waals surface area contributed by atoms with Gasteiger partial charge in [-0.2, -0.15) is 0 Å². The van der Waals surface area contributed by atoms with Crippen LogP contribution in [0.1, 0.15) is 43.2 Å². The average Bonchev–Trinajstić information content (AvgIpc) is 3.28. The molecule has 22 heavy (non-hydrogen) atoms. The van der Waals surface area contributed by atoms with Crippen LogP contribution in [0.2, 0.25) is 0 Å². The average molecular weight is 288 g/mol. The van der Waals surface area contributed by atoms with E-state index in [9.17, 15) is 0 Å². The second-order valence-corrected chi connectivity index (χ2v) is 7.77. The molecule has 0 aliphatic heterocycles. The molecular weight excluding hydrogens is 264 g/mol. The van der Waals surface area contributed by atoms with Gasteiger partial charge >= 0.3 is 0 Å². The Morgan fingerprint density at radius 1 is 0.727 bits per heavy atom. The van der Waals surface area contributed by atoms with Crippen LogP contribution in [0.25, 0.3) is 0 Å². The number of rotatable bonds is 2. The molecule has 4 unspecified atom stereocenters. The number of fused-ring (bicyclic) bond motifs is 5. The van der Waals surface area contributed by atoms with Crippen LogP contribution in [0.3, 0.4) is 0 Å². The third-order valence-electron chi connectivity index (χ3n) is 7.10. The van der Waals surface area contributed by atoms with Crippen molar-refractivity contribution < 1.29 is 0 Å². The molecule has 0 N–H and O–H groups in total. The Morgan fingerprint density at radius 2 is 1.32 bits per heavy atom. The summed E-state index contributed by atoms with van der Waals surface area (Å²) in [4.78, 5) is 0. The maximum atomic E-state index is 2.39. The smallest absolute Gasteiger partial charge is 0.0236 e. The second kappa shape index (κ2) is 4.72. The molecule has 3 aliphatic rings. The van der Waals surface area contributed by atoms with Gasteiger partial charge < -0.3 is 0 Å². The Balaban J connectivity index is 1.69. The highest BCUT2D eigenvalue weighted by Gasteiger charge is 2.61. The fourth-order valence-electron chi connectivity index (χ4n) is 6.45. The minimum atomic E-state index is 0.290. The molecule has 2 aromatic carbocycles. The fraction of sp³-hybridized carbons (Fsp3) is 0.455. The number of benzene rings is 2. The maximum absolute atomic E-state index is 2.39. The van der Waals surface area contributed by atoms with E-state index in [2.05, 4.69) is 60.7 Å². The lowest BCUT2D eigenvalue weighted by Crippen LogP contribution is -2.40. The van der Waals surface area contributed by atoms with Crippen molar-refractivity contribution in [2.24, 2.45) is 23.7 Å². The largest absolute Gasteiger partial charge is 0.0622 e. The lowest BCUT2D eigenvalue weighted by Gasteiger charge is -2.44. The molecule has 0 spiro atoms. The zero-order chi connectivity index (χ0) is 14.6. The van der Waals surface area contributed by atoms with E-state index in [1.165, 1.54) is 32.1 Å². The van der Waals surface area contributed by atoms with Gasteiger partial charge in [0, 0.05) is 5.41 Å². The predicted molar refractivity (Wildman–Crippen MR) is 90.7 cm³/mol. The van der Waals surface area contributed by atoms with Gasteiger partial charge in [-0.05, 0) is 60.5 Å². The number of hydrogen-bond donors (Lipinski definition) is 0. The van der Waals surface area contributed by atoms with Crippen LogP contribution in [0.5, 0.6) is 0 Å². The quantitative estimate of drug-likeness (QED) is 0.691. The lowest BCUT2D eigenvalue weighted by atomic mass is 9.59. The normalized spacial score (nSPS) is 34.7. The summed E-state index contributed by atoms with van der Waals surface area (Å²) in [6.45, 7) is 0. The van der Waals surface area contributed by atoms with Gasteiger partial charge in [-0.1, -0.05) is 67.1 Å². The van der Waals surface area contributed by atoms with Crippen molar-refractivity contribution in [1.29, 1.82) is 0 Å². The standard InChI is InChI=1S/C22H24/c1-3-8-17(9-4-1)22(18-10-5-2-6-11-18)15-16-14-21(22)20-13-7-12-19(16)20/h1-6,8-11,16,19-21H,7,12-15H2. The zero-order valence-corrected chi connectivity index (χ0v) is 13.1. The summed E-state index contributed by atoms with van der Waals surface area (Å²) in [5.41, 5.74) is 3.43. The molecule has 3 saturated carbocycles. The molecule has 0 radical (unpaired) electrons. The molecule has 0 heteroatoms. The van der Waals surface area contributed by atoms with Gasteiger partial charge in [-0.3, -0.25) is 0 Å². The van der Waals surface area contributed by atoms with Gasteiger partial charge in [-0.25, -0.2) is 0 Å². The summed E-state index contributed by atoms with van der Waals surface area (Å²) >= 11 is 0. The van der Waals surface area contributed by atoms with Crippen LogP contribution in [0.4, 0.5) is 0 Å². The minimum Gasteiger partial charge on any atom is -0.0622 e. The zero-order valence-electron chi connectivity index (χ0n) is 13.1. The van der Waals surface area contributed by atoms with Crippen molar-refractivity contribution in [2.75, 3.05) is 0 Å². The van der Waals surface area contributed by atoms with Crippen molar-refractivity contribution in [3.63, 3.8) is 0 Å². The molecule has 2 bridgehead atoms. The van der Waals surface area contributed by atoms with E-state index in [0.717, 1.165) is 23.7 Å². The molecule has 0 saturated heterocycles. The maximum Gasteiger partial charge on any atom is 0.0236 e. The van der Waals surface area contributed by atoms with E-state index in [4.69, 9.17) is 0 Å². The van der Waals surface area contributed by atoms with E-state index in [1.54, 1.807) is 11.1 Å². The molecule has 3 fully saturated rings. The summed E-state index contributed by atoms with van der Waals surface area (Å²) in [7, 11) is 0. The first-order valence-corrected chi connectivity index (χ1v) is 9.00. The SMILES string of the molecule is c1ccc(C2(c3ccccc3)CC3CC2C2CCCC32)cc1. The molecule has 0 aromatic heterocycles. The molecule has 4 atom stereocenters. The summed E-state index contributed by atoms with van der Waals surface area (Å²) in [5.74, 6) is 3.87. The van der Waals surface area contributed by atoms with Crippen LogP contribution in [0.15, 0.2) is 60.7 Å². The summed E-state index contributed by atoms with van der Waals surface area (Å²) in [5, 5.41) is 0. The first kappa shape index (κ1) is 12.9. The second-order valence-electron chi connectivity index (χ2n) is 7.77. The van der Waals surface area contributed by atoms with Crippen LogP contribution in [-0.2, 0) is 5.41 Å². The third-order valence-corrected chi connectivity index (χ3v) is 7.10. The van der Waals surface area contributed by atoms with Gasteiger partial charge in [0.1, 0.15) is 0 Å².